The van der Waals surface area contributed by atoms with Crippen LogP contribution >= 0.6 is 0 Å². The lowest BCUT2D eigenvalue weighted by Gasteiger charge is -2.32. The van der Waals surface area contributed by atoms with Gasteiger partial charge in [0, 0.05) is 24.3 Å². The molecule has 0 N–H and O–H groups in total. The monoisotopic (exact) mass is 274 g/mol. The van der Waals surface area contributed by atoms with E-state index in [2.05, 4.69) is 13.8 Å². The molecule has 1 aliphatic rings. The second kappa shape index (κ2) is 5.78. The number of Topliss-reactive ketones (excluding diaryl/α,β-unsaturated/α-hetero) is 1. The lowest BCUT2D eigenvalue weighted by Crippen LogP contribution is -2.33. The van der Waals surface area contributed by atoms with Gasteiger partial charge in [0.25, 0.3) is 0 Å². The molecule has 1 aromatic carbocycles. The van der Waals surface area contributed by atoms with Crippen LogP contribution in [-0.2, 0) is 9.53 Å². The Hall–Kier alpha value is -1.64. The molecule has 0 aliphatic heterocycles. The highest BCUT2D eigenvalue weighted by atomic mass is 16.5. The Morgan fingerprint density at radius 2 is 1.85 bits per heavy atom. The number of benzene rings is 1. The standard InChI is InChI=1S/C17H22O3/c1-12(18)20-16-10-9-14(17(16,2)3)11-15(19)13-7-5-4-6-8-13/h4-8,14,16H,9-11H2,1-3H3. The van der Waals surface area contributed by atoms with Crippen molar-refractivity contribution >= 4 is 11.8 Å². The summed E-state index contributed by atoms with van der Waals surface area (Å²) in [6.45, 7) is 5.63. The number of ether oxygens (including phenoxy) is 1. The molecule has 0 amide bonds. The molecular formula is C17H22O3. The summed E-state index contributed by atoms with van der Waals surface area (Å²) in [6, 6.07) is 9.39. The van der Waals surface area contributed by atoms with E-state index >= 15 is 0 Å². The number of rotatable bonds is 4. The van der Waals surface area contributed by atoms with Crippen molar-refractivity contribution in [1.82, 2.24) is 0 Å². The molecule has 108 valence electrons. The van der Waals surface area contributed by atoms with Crippen molar-refractivity contribution in [3.05, 3.63) is 35.9 Å². The first-order valence-corrected chi connectivity index (χ1v) is 7.16. The zero-order chi connectivity index (χ0) is 14.8. The normalized spacial score (nSPS) is 24.4. The molecule has 1 aliphatic carbocycles. The molecular weight excluding hydrogens is 252 g/mol. The highest BCUT2D eigenvalue weighted by Crippen LogP contribution is 2.46. The highest BCUT2D eigenvalue weighted by Gasteiger charge is 2.45. The number of hydrogen-bond donors (Lipinski definition) is 0. The van der Waals surface area contributed by atoms with Crippen LogP contribution < -0.4 is 0 Å². The van der Waals surface area contributed by atoms with E-state index in [1.54, 1.807) is 0 Å². The van der Waals surface area contributed by atoms with Gasteiger partial charge in [-0.3, -0.25) is 9.59 Å². The summed E-state index contributed by atoms with van der Waals surface area (Å²) in [5.41, 5.74) is 0.620. The van der Waals surface area contributed by atoms with Gasteiger partial charge in [0.2, 0.25) is 0 Å². The molecule has 0 aromatic heterocycles. The molecule has 3 nitrogen and oxygen atoms in total. The molecule has 0 bridgehead atoms. The maximum absolute atomic E-state index is 12.3. The quantitative estimate of drug-likeness (QED) is 0.622. The van der Waals surface area contributed by atoms with E-state index in [0.717, 1.165) is 18.4 Å². The minimum Gasteiger partial charge on any atom is -0.462 e. The van der Waals surface area contributed by atoms with Gasteiger partial charge in [-0.15, -0.1) is 0 Å². The fraction of sp³-hybridized carbons (Fsp3) is 0.529. The van der Waals surface area contributed by atoms with Crippen LogP contribution in [0.3, 0.4) is 0 Å². The molecule has 0 heterocycles. The summed E-state index contributed by atoms with van der Waals surface area (Å²) in [5, 5.41) is 0. The Bertz CT molecular complexity index is 490. The third kappa shape index (κ3) is 3.09. The molecule has 1 aromatic rings. The molecule has 20 heavy (non-hydrogen) atoms. The second-order valence-corrected chi connectivity index (χ2v) is 6.19. The summed E-state index contributed by atoms with van der Waals surface area (Å²) in [7, 11) is 0. The van der Waals surface area contributed by atoms with Crippen LogP contribution in [0.5, 0.6) is 0 Å². The van der Waals surface area contributed by atoms with Gasteiger partial charge in [-0.2, -0.15) is 0 Å². The van der Waals surface area contributed by atoms with Crippen molar-refractivity contribution in [2.24, 2.45) is 11.3 Å². The largest absolute Gasteiger partial charge is 0.462 e. The van der Waals surface area contributed by atoms with Gasteiger partial charge in [0.1, 0.15) is 6.10 Å². The van der Waals surface area contributed by atoms with E-state index in [9.17, 15) is 9.59 Å². The van der Waals surface area contributed by atoms with Gasteiger partial charge >= 0.3 is 5.97 Å². The number of carbonyl (C=O) groups is 2. The van der Waals surface area contributed by atoms with E-state index in [1.807, 2.05) is 30.3 Å². The van der Waals surface area contributed by atoms with Gasteiger partial charge in [-0.05, 0) is 18.8 Å². The number of carbonyl (C=O) groups excluding carboxylic acids is 2. The number of ketones is 1. The lowest BCUT2D eigenvalue weighted by molar-refractivity contribution is -0.151. The summed E-state index contributed by atoms with van der Waals surface area (Å²) >= 11 is 0. The molecule has 2 unspecified atom stereocenters. The predicted octanol–water partition coefficient (Wildman–Crippen LogP) is 3.63. The van der Waals surface area contributed by atoms with Crippen LogP contribution in [-0.4, -0.2) is 17.9 Å². The van der Waals surface area contributed by atoms with Crippen LogP contribution in [0.25, 0.3) is 0 Å². The van der Waals surface area contributed by atoms with Crippen LogP contribution in [0.15, 0.2) is 30.3 Å². The molecule has 3 heteroatoms. The summed E-state index contributed by atoms with van der Waals surface area (Å²) in [4.78, 5) is 23.5. The van der Waals surface area contributed by atoms with E-state index in [4.69, 9.17) is 4.74 Å². The molecule has 2 rings (SSSR count). The predicted molar refractivity (Wildman–Crippen MR) is 77.4 cm³/mol. The van der Waals surface area contributed by atoms with Gasteiger partial charge < -0.3 is 4.74 Å². The van der Waals surface area contributed by atoms with Crippen molar-refractivity contribution in [2.45, 2.75) is 46.1 Å². The van der Waals surface area contributed by atoms with Crippen molar-refractivity contribution in [3.8, 4) is 0 Å². The van der Waals surface area contributed by atoms with E-state index in [1.165, 1.54) is 6.92 Å². The van der Waals surface area contributed by atoms with Gasteiger partial charge in [-0.25, -0.2) is 0 Å². The molecule has 0 spiro atoms. The fourth-order valence-corrected chi connectivity index (χ4v) is 3.10. The van der Waals surface area contributed by atoms with E-state index in [0.29, 0.717) is 6.42 Å². The Morgan fingerprint density at radius 1 is 1.20 bits per heavy atom. The van der Waals surface area contributed by atoms with Crippen molar-refractivity contribution in [3.63, 3.8) is 0 Å². The number of hydrogen-bond acceptors (Lipinski definition) is 3. The molecule has 1 fully saturated rings. The van der Waals surface area contributed by atoms with Crippen LogP contribution in [0.4, 0.5) is 0 Å². The highest BCUT2D eigenvalue weighted by molar-refractivity contribution is 5.96. The lowest BCUT2D eigenvalue weighted by atomic mass is 9.77. The summed E-state index contributed by atoms with van der Waals surface area (Å²) in [6.07, 6.45) is 2.23. The summed E-state index contributed by atoms with van der Waals surface area (Å²) < 4.78 is 5.39. The molecule has 0 saturated heterocycles. The minimum atomic E-state index is -0.238. The van der Waals surface area contributed by atoms with Gasteiger partial charge in [0.05, 0.1) is 0 Å². The molecule has 1 saturated carbocycles. The van der Waals surface area contributed by atoms with Crippen LogP contribution in [0, 0.1) is 11.3 Å². The van der Waals surface area contributed by atoms with Crippen molar-refractivity contribution in [2.75, 3.05) is 0 Å². The molecule has 2 atom stereocenters. The Kier molecular flexibility index (Phi) is 4.26. The number of esters is 1. The first kappa shape index (κ1) is 14.8. The second-order valence-electron chi connectivity index (χ2n) is 6.19. The first-order valence-electron chi connectivity index (χ1n) is 7.16. The topological polar surface area (TPSA) is 43.4 Å². The van der Waals surface area contributed by atoms with Gasteiger partial charge in [0.15, 0.2) is 5.78 Å². The average Bonchev–Trinajstić information content (AvgIpc) is 2.66. The Balaban J connectivity index is 2.04. The summed E-state index contributed by atoms with van der Waals surface area (Å²) in [5.74, 6) is 0.199. The average molecular weight is 274 g/mol. The maximum atomic E-state index is 12.3. The SMILES string of the molecule is CC(=O)OC1CCC(CC(=O)c2ccccc2)C1(C)C. The molecule has 0 radical (unpaired) electrons. The third-order valence-corrected chi connectivity index (χ3v) is 4.50. The van der Waals surface area contributed by atoms with Crippen molar-refractivity contribution in [1.29, 1.82) is 0 Å². The van der Waals surface area contributed by atoms with E-state index in [-0.39, 0.29) is 29.2 Å². The minimum absolute atomic E-state index is 0.0754. The Morgan fingerprint density at radius 3 is 2.45 bits per heavy atom. The van der Waals surface area contributed by atoms with Gasteiger partial charge in [-0.1, -0.05) is 44.2 Å². The Labute approximate surface area is 120 Å². The first-order chi connectivity index (χ1) is 9.41. The smallest absolute Gasteiger partial charge is 0.302 e. The maximum Gasteiger partial charge on any atom is 0.302 e. The van der Waals surface area contributed by atoms with Crippen molar-refractivity contribution < 1.29 is 14.3 Å². The van der Waals surface area contributed by atoms with Crippen LogP contribution in [0.1, 0.15) is 50.4 Å². The fourth-order valence-electron chi connectivity index (χ4n) is 3.10. The zero-order valence-electron chi connectivity index (χ0n) is 12.4. The van der Waals surface area contributed by atoms with Crippen LogP contribution in [0.2, 0.25) is 0 Å². The third-order valence-electron chi connectivity index (χ3n) is 4.50. The zero-order valence-corrected chi connectivity index (χ0v) is 12.4. The van der Waals surface area contributed by atoms with E-state index < -0.39 is 0 Å².